The first-order valence-corrected chi connectivity index (χ1v) is 5.67. The lowest BCUT2D eigenvalue weighted by molar-refractivity contribution is 0.0952. The van der Waals surface area contributed by atoms with Gasteiger partial charge in [0.1, 0.15) is 11.4 Å². The van der Waals surface area contributed by atoms with Gasteiger partial charge in [0.25, 0.3) is 5.91 Å². The number of hydrogen-bond acceptors (Lipinski definition) is 4. The molecule has 0 atom stereocenters. The van der Waals surface area contributed by atoms with Crippen LogP contribution in [0.1, 0.15) is 15.2 Å². The molecule has 0 radical (unpaired) electrons. The molecule has 84 valence electrons. The van der Waals surface area contributed by atoms with E-state index >= 15 is 0 Å². The Kier molecular flexibility index (Phi) is 3.12. The first kappa shape index (κ1) is 11.0. The molecule has 0 bridgehead atoms. The van der Waals surface area contributed by atoms with Gasteiger partial charge >= 0.3 is 0 Å². The van der Waals surface area contributed by atoms with Crippen LogP contribution in [0.15, 0.2) is 18.3 Å². The second-order valence-electron chi connectivity index (χ2n) is 3.09. The number of rotatable bonds is 3. The molecule has 1 amide bonds. The molecule has 7 heteroatoms. The number of nitrogen functional groups attached to an aromatic ring is 1. The van der Waals surface area contributed by atoms with E-state index in [1.165, 1.54) is 17.5 Å². The van der Waals surface area contributed by atoms with Crippen LogP contribution >= 0.6 is 22.9 Å². The summed E-state index contributed by atoms with van der Waals surface area (Å²) in [6.45, 7) is 0.431. The summed E-state index contributed by atoms with van der Waals surface area (Å²) in [4.78, 5) is 12.6. The number of nitrogens with zero attached hydrogens (tertiary/aromatic N) is 1. The van der Waals surface area contributed by atoms with Crippen molar-refractivity contribution >= 4 is 34.7 Å². The van der Waals surface area contributed by atoms with Gasteiger partial charge in [0.2, 0.25) is 0 Å². The van der Waals surface area contributed by atoms with E-state index in [9.17, 15) is 4.79 Å². The highest BCUT2D eigenvalue weighted by Crippen LogP contribution is 2.21. The number of thiophene rings is 1. The van der Waals surface area contributed by atoms with Crippen molar-refractivity contribution in [3.8, 4) is 0 Å². The Labute approximate surface area is 101 Å². The molecule has 0 unspecified atom stereocenters. The summed E-state index contributed by atoms with van der Waals surface area (Å²) >= 11 is 7.20. The molecule has 0 aliphatic rings. The maximum Gasteiger partial charge on any atom is 0.256 e. The monoisotopic (exact) mass is 256 g/mol. The van der Waals surface area contributed by atoms with Crippen molar-refractivity contribution in [1.29, 1.82) is 0 Å². The van der Waals surface area contributed by atoms with Crippen molar-refractivity contribution in [2.75, 3.05) is 5.73 Å². The molecular weight excluding hydrogens is 248 g/mol. The molecule has 0 aliphatic heterocycles. The molecular formula is C9H9ClN4OS. The van der Waals surface area contributed by atoms with Crippen molar-refractivity contribution in [2.24, 2.45) is 0 Å². The van der Waals surface area contributed by atoms with Crippen molar-refractivity contribution in [2.45, 2.75) is 6.54 Å². The van der Waals surface area contributed by atoms with Gasteiger partial charge in [-0.25, -0.2) is 0 Å². The van der Waals surface area contributed by atoms with Gasteiger partial charge in [-0.2, -0.15) is 5.10 Å². The normalized spacial score (nSPS) is 10.3. The minimum absolute atomic E-state index is 0.254. The van der Waals surface area contributed by atoms with E-state index in [2.05, 4.69) is 15.5 Å². The van der Waals surface area contributed by atoms with Crippen molar-refractivity contribution in [3.05, 3.63) is 33.1 Å². The van der Waals surface area contributed by atoms with Crippen molar-refractivity contribution in [3.63, 3.8) is 0 Å². The number of carbonyl (C=O) groups is 1. The van der Waals surface area contributed by atoms with Crippen LogP contribution in [-0.4, -0.2) is 16.1 Å². The summed E-state index contributed by atoms with van der Waals surface area (Å²) in [5, 5.41) is 8.90. The largest absolute Gasteiger partial charge is 0.383 e. The first-order valence-electron chi connectivity index (χ1n) is 4.48. The highest BCUT2D eigenvalue weighted by atomic mass is 35.5. The van der Waals surface area contributed by atoms with E-state index in [-0.39, 0.29) is 11.7 Å². The minimum Gasteiger partial charge on any atom is -0.383 e. The van der Waals surface area contributed by atoms with Crippen LogP contribution in [0.25, 0.3) is 0 Å². The van der Waals surface area contributed by atoms with Gasteiger partial charge in [-0.3, -0.25) is 9.89 Å². The van der Waals surface area contributed by atoms with E-state index in [1.807, 2.05) is 6.07 Å². The highest BCUT2D eigenvalue weighted by molar-refractivity contribution is 7.16. The zero-order valence-corrected chi connectivity index (χ0v) is 9.73. The molecule has 2 rings (SSSR count). The minimum atomic E-state index is -0.254. The Balaban J connectivity index is 1.96. The topological polar surface area (TPSA) is 83.8 Å². The number of amides is 1. The van der Waals surface area contributed by atoms with E-state index in [1.54, 1.807) is 6.07 Å². The predicted octanol–water partition coefficient (Wildman–Crippen LogP) is 1.64. The molecule has 2 heterocycles. The van der Waals surface area contributed by atoms with E-state index in [4.69, 9.17) is 17.3 Å². The second kappa shape index (κ2) is 4.54. The summed E-state index contributed by atoms with van der Waals surface area (Å²) in [5.74, 6) is 0.0116. The fraction of sp³-hybridized carbons (Fsp3) is 0.111. The van der Waals surface area contributed by atoms with Crippen LogP contribution in [0.4, 0.5) is 5.82 Å². The van der Waals surface area contributed by atoms with Crippen LogP contribution in [0.3, 0.4) is 0 Å². The quantitative estimate of drug-likeness (QED) is 0.781. The van der Waals surface area contributed by atoms with Crippen LogP contribution in [0, 0.1) is 0 Å². The number of nitrogens with two attached hydrogens (primary N) is 1. The predicted molar refractivity (Wildman–Crippen MR) is 63.5 cm³/mol. The maximum atomic E-state index is 11.6. The number of nitrogens with one attached hydrogen (secondary N) is 2. The summed E-state index contributed by atoms with van der Waals surface area (Å²) in [6, 6.07) is 3.66. The first-order chi connectivity index (χ1) is 7.66. The fourth-order valence-corrected chi connectivity index (χ4v) is 2.21. The lowest BCUT2D eigenvalue weighted by Crippen LogP contribution is -2.22. The molecule has 2 aromatic rings. The van der Waals surface area contributed by atoms with Crippen molar-refractivity contribution < 1.29 is 4.79 Å². The molecule has 16 heavy (non-hydrogen) atoms. The molecule has 0 saturated heterocycles. The molecule has 0 spiro atoms. The van der Waals surface area contributed by atoms with Gasteiger partial charge in [-0.1, -0.05) is 11.6 Å². The molecule has 0 fully saturated rings. The second-order valence-corrected chi connectivity index (χ2v) is 4.89. The van der Waals surface area contributed by atoms with Crippen LogP contribution < -0.4 is 11.1 Å². The maximum absolute atomic E-state index is 11.6. The van der Waals surface area contributed by atoms with E-state index in [0.717, 1.165) is 4.88 Å². The number of aromatic nitrogens is 2. The SMILES string of the molecule is Nc1[nH]ncc1C(=O)NCc1ccc(Cl)s1. The Hall–Kier alpha value is -1.53. The number of halogens is 1. The Morgan fingerprint density at radius 1 is 1.62 bits per heavy atom. The van der Waals surface area contributed by atoms with E-state index < -0.39 is 0 Å². The summed E-state index contributed by atoms with van der Waals surface area (Å²) < 4.78 is 0.701. The zero-order chi connectivity index (χ0) is 11.5. The average molecular weight is 257 g/mol. The summed E-state index contributed by atoms with van der Waals surface area (Å²) in [6.07, 6.45) is 1.39. The lowest BCUT2D eigenvalue weighted by Gasteiger charge is -2.01. The van der Waals surface area contributed by atoms with Gasteiger partial charge in [0, 0.05) is 4.88 Å². The van der Waals surface area contributed by atoms with Crippen LogP contribution in [0.2, 0.25) is 4.34 Å². The third-order valence-corrected chi connectivity index (χ3v) is 3.20. The molecule has 0 saturated carbocycles. The number of carbonyl (C=O) groups excluding carboxylic acids is 1. The third kappa shape index (κ3) is 2.34. The third-order valence-electron chi connectivity index (χ3n) is 1.97. The van der Waals surface area contributed by atoms with Gasteiger partial charge in [-0.15, -0.1) is 11.3 Å². The Morgan fingerprint density at radius 2 is 2.44 bits per heavy atom. The Morgan fingerprint density at radius 3 is 3.00 bits per heavy atom. The fourth-order valence-electron chi connectivity index (χ4n) is 1.19. The van der Waals surface area contributed by atoms with Crippen molar-refractivity contribution in [1.82, 2.24) is 15.5 Å². The molecule has 2 aromatic heterocycles. The number of aromatic amines is 1. The molecule has 0 aromatic carbocycles. The van der Waals surface area contributed by atoms with Crippen LogP contribution in [-0.2, 0) is 6.54 Å². The smallest absolute Gasteiger partial charge is 0.256 e. The number of hydrogen-bond donors (Lipinski definition) is 3. The molecule has 5 nitrogen and oxygen atoms in total. The van der Waals surface area contributed by atoms with Gasteiger partial charge < -0.3 is 11.1 Å². The van der Waals surface area contributed by atoms with Crippen LogP contribution in [0.5, 0.6) is 0 Å². The van der Waals surface area contributed by atoms with Gasteiger partial charge in [0.15, 0.2) is 0 Å². The zero-order valence-electron chi connectivity index (χ0n) is 8.16. The van der Waals surface area contributed by atoms with Gasteiger partial charge in [-0.05, 0) is 12.1 Å². The lowest BCUT2D eigenvalue weighted by atomic mass is 10.3. The number of anilines is 1. The van der Waals surface area contributed by atoms with Gasteiger partial charge in [0.05, 0.1) is 17.1 Å². The standard InChI is InChI=1S/C9H9ClN4OS/c10-7-2-1-5(16-7)3-12-9(15)6-4-13-14-8(6)11/h1-2,4H,3H2,(H,12,15)(H3,11,13,14). The average Bonchev–Trinajstić information content (AvgIpc) is 2.84. The Bertz CT molecular complexity index is 507. The summed E-state index contributed by atoms with van der Waals surface area (Å²) in [7, 11) is 0. The number of H-pyrrole nitrogens is 1. The highest BCUT2D eigenvalue weighted by Gasteiger charge is 2.11. The van der Waals surface area contributed by atoms with E-state index in [0.29, 0.717) is 16.4 Å². The molecule has 4 N–H and O–H groups in total. The summed E-state index contributed by atoms with van der Waals surface area (Å²) in [5.41, 5.74) is 5.87. The molecule has 0 aliphatic carbocycles.